The average molecular weight is 557 g/mol. The third-order valence-electron chi connectivity index (χ3n) is 7.37. The molecule has 0 amide bonds. The molecule has 1 saturated carbocycles. The standard InChI is InChI=1S/C31H25FN2O5S/c32-29-30(37-17-21-12-6-2-7-13-21)26(36-16-20-10-4-1-5-11-20)27(30)39-31(29,35)23-18-40-25-24(23)33-19-34-28(25)38-22-14-8-3-9-15-22/h1-15,18-19,26-27,29,35H,16-17H2/t26?,27-,29-,30-,31?/m1/s1. The van der Waals surface area contributed by atoms with Gasteiger partial charge in [-0.15, -0.1) is 11.3 Å². The summed E-state index contributed by atoms with van der Waals surface area (Å²) in [4.78, 5) is 8.63. The minimum Gasteiger partial charge on any atom is -0.437 e. The van der Waals surface area contributed by atoms with Crippen LogP contribution in [0.15, 0.2) is 103 Å². The predicted molar refractivity (Wildman–Crippen MR) is 147 cm³/mol. The van der Waals surface area contributed by atoms with E-state index in [0.717, 1.165) is 11.1 Å². The van der Waals surface area contributed by atoms with E-state index in [0.29, 0.717) is 21.8 Å². The molecular weight excluding hydrogens is 531 g/mol. The second-order valence-electron chi connectivity index (χ2n) is 9.86. The van der Waals surface area contributed by atoms with Crippen molar-refractivity contribution < 1.29 is 28.4 Å². The molecule has 3 aromatic carbocycles. The van der Waals surface area contributed by atoms with Crippen LogP contribution in [0.5, 0.6) is 11.6 Å². The van der Waals surface area contributed by atoms with Gasteiger partial charge in [0, 0.05) is 5.38 Å². The summed E-state index contributed by atoms with van der Waals surface area (Å²) in [7, 11) is 0. The van der Waals surface area contributed by atoms with E-state index in [4.69, 9.17) is 18.9 Å². The molecule has 40 heavy (non-hydrogen) atoms. The zero-order valence-electron chi connectivity index (χ0n) is 21.2. The van der Waals surface area contributed by atoms with Gasteiger partial charge in [-0.3, -0.25) is 0 Å². The Morgan fingerprint density at radius 3 is 2.23 bits per heavy atom. The summed E-state index contributed by atoms with van der Waals surface area (Å²) >= 11 is 1.25. The normalized spacial score (nSPS) is 27.0. The zero-order chi connectivity index (χ0) is 27.2. The number of hydrogen-bond acceptors (Lipinski definition) is 8. The summed E-state index contributed by atoms with van der Waals surface area (Å²) in [5.41, 5.74) is 0.907. The van der Waals surface area contributed by atoms with Crippen molar-refractivity contribution in [2.45, 2.75) is 43.0 Å². The Hall–Kier alpha value is -3.73. The van der Waals surface area contributed by atoms with Gasteiger partial charge in [0.1, 0.15) is 29.0 Å². The van der Waals surface area contributed by atoms with Gasteiger partial charge in [0.25, 0.3) is 0 Å². The molecule has 7 nitrogen and oxygen atoms in total. The van der Waals surface area contributed by atoms with Gasteiger partial charge in [-0.05, 0) is 23.3 Å². The number of nitrogens with zero attached hydrogens (tertiary/aromatic N) is 2. The molecule has 0 bridgehead atoms. The Labute approximate surface area is 233 Å². The lowest BCUT2D eigenvalue weighted by molar-refractivity contribution is -0.247. The molecule has 2 aromatic heterocycles. The summed E-state index contributed by atoms with van der Waals surface area (Å²) in [5, 5.41) is 13.4. The van der Waals surface area contributed by atoms with Crippen LogP contribution < -0.4 is 4.74 Å². The highest BCUT2D eigenvalue weighted by Crippen LogP contribution is 2.63. The lowest BCUT2D eigenvalue weighted by Crippen LogP contribution is -2.46. The van der Waals surface area contributed by atoms with Crippen molar-refractivity contribution in [1.29, 1.82) is 0 Å². The highest BCUT2D eigenvalue weighted by atomic mass is 32.1. The molecule has 1 aliphatic heterocycles. The molecule has 1 aliphatic carbocycles. The van der Waals surface area contributed by atoms with Crippen LogP contribution in [0.2, 0.25) is 0 Å². The maximum Gasteiger partial charge on any atom is 0.240 e. The van der Waals surface area contributed by atoms with E-state index in [-0.39, 0.29) is 18.8 Å². The van der Waals surface area contributed by atoms with E-state index in [9.17, 15) is 5.11 Å². The Morgan fingerprint density at radius 1 is 0.875 bits per heavy atom. The Balaban J connectivity index is 1.19. The Bertz CT molecular complexity index is 1620. The number of halogens is 1. The van der Waals surface area contributed by atoms with Crippen LogP contribution in [0.1, 0.15) is 16.7 Å². The van der Waals surface area contributed by atoms with Gasteiger partial charge in [0.15, 0.2) is 11.8 Å². The third kappa shape index (κ3) is 4.18. The lowest BCUT2D eigenvalue weighted by Gasteiger charge is -2.30. The molecule has 0 radical (unpaired) electrons. The molecule has 1 N–H and O–H groups in total. The third-order valence-corrected chi connectivity index (χ3v) is 8.33. The molecule has 3 heterocycles. The molecular formula is C31H25FN2O5S. The van der Waals surface area contributed by atoms with Gasteiger partial charge in [0.05, 0.1) is 24.3 Å². The van der Waals surface area contributed by atoms with Crippen LogP contribution in [-0.4, -0.2) is 39.1 Å². The number of aromatic nitrogens is 2. The van der Waals surface area contributed by atoms with Crippen LogP contribution in [0.25, 0.3) is 10.2 Å². The molecule has 0 spiro atoms. The number of benzene rings is 3. The van der Waals surface area contributed by atoms with Gasteiger partial charge in [-0.25, -0.2) is 14.4 Å². The van der Waals surface area contributed by atoms with Gasteiger partial charge in [-0.1, -0.05) is 78.9 Å². The molecule has 2 unspecified atom stereocenters. The van der Waals surface area contributed by atoms with Crippen molar-refractivity contribution in [1.82, 2.24) is 9.97 Å². The van der Waals surface area contributed by atoms with Crippen LogP contribution in [-0.2, 0) is 33.2 Å². The fraction of sp³-hybridized carbons (Fsp3) is 0.226. The van der Waals surface area contributed by atoms with Gasteiger partial charge in [-0.2, -0.15) is 0 Å². The summed E-state index contributed by atoms with van der Waals surface area (Å²) in [6, 6.07) is 28.3. The van der Waals surface area contributed by atoms with Crippen LogP contribution in [0.3, 0.4) is 0 Å². The average Bonchev–Trinajstić information content (AvgIpc) is 3.24. The van der Waals surface area contributed by atoms with Crippen molar-refractivity contribution in [2.24, 2.45) is 0 Å². The van der Waals surface area contributed by atoms with E-state index in [1.54, 1.807) is 5.38 Å². The second kappa shape index (κ2) is 10.0. The number of rotatable bonds is 9. The minimum absolute atomic E-state index is 0.143. The molecule has 2 aliphatic rings. The lowest BCUT2D eigenvalue weighted by atomic mass is 9.98. The topological polar surface area (TPSA) is 82.9 Å². The Kier molecular flexibility index (Phi) is 6.33. The largest absolute Gasteiger partial charge is 0.437 e. The van der Waals surface area contributed by atoms with Gasteiger partial charge >= 0.3 is 0 Å². The van der Waals surface area contributed by atoms with Crippen LogP contribution in [0, 0.1) is 0 Å². The highest BCUT2D eigenvalue weighted by molar-refractivity contribution is 7.17. The fourth-order valence-electron chi connectivity index (χ4n) is 5.28. The van der Waals surface area contributed by atoms with E-state index in [1.165, 1.54) is 17.7 Å². The van der Waals surface area contributed by atoms with Crippen LogP contribution in [0.4, 0.5) is 4.39 Å². The first kappa shape index (κ1) is 25.3. The molecule has 202 valence electrons. The summed E-state index contributed by atoms with van der Waals surface area (Å²) in [6.07, 6.45) is -2.11. The number of para-hydroxylation sites is 1. The Morgan fingerprint density at radius 2 is 1.52 bits per heavy atom. The first-order valence-electron chi connectivity index (χ1n) is 12.9. The van der Waals surface area contributed by atoms with E-state index in [1.807, 2.05) is 91.0 Å². The van der Waals surface area contributed by atoms with Crippen molar-refractivity contribution in [3.05, 3.63) is 119 Å². The van der Waals surface area contributed by atoms with Gasteiger partial charge in [0.2, 0.25) is 11.7 Å². The van der Waals surface area contributed by atoms with Crippen molar-refractivity contribution in [2.75, 3.05) is 0 Å². The number of thiophene rings is 1. The minimum atomic E-state index is -2.29. The SMILES string of the molecule is OC1(c2csc3c(Oc4ccccc4)ncnc23)O[C@@H]2C(OCc3ccccc3)[C@]2(OCc2ccccc2)[C@H]1F. The number of aliphatic hydroxyl groups is 1. The molecule has 5 atom stereocenters. The number of ether oxygens (including phenoxy) is 4. The second-order valence-corrected chi connectivity index (χ2v) is 10.7. The first-order valence-corrected chi connectivity index (χ1v) is 13.8. The summed E-state index contributed by atoms with van der Waals surface area (Å²) in [5.74, 6) is -1.37. The highest BCUT2D eigenvalue weighted by Gasteiger charge is 2.84. The number of alkyl halides is 1. The van der Waals surface area contributed by atoms with Crippen LogP contribution >= 0.6 is 11.3 Å². The molecule has 7 rings (SSSR count). The number of hydrogen-bond donors (Lipinski definition) is 1. The predicted octanol–water partition coefficient (Wildman–Crippen LogP) is 5.92. The number of fused-ring (bicyclic) bond motifs is 2. The monoisotopic (exact) mass is 556 g/mol. The summed E-state index contributed by atoms with van der Waals surface area (Å²) in [6.45, 7) is 0.409. The molecule has 1 saturated heterocycles. The smallest absolute Gasteiger partial charge is 0.240 e. The maximum atomic E-state index is 16.6. The first-order chi connectivity index (χ1) is 19.6. The fourth-order valence-corrected chi connectivity index (χ4v) is 6.26. The van der Waals surface area contributed by atoms with E-state index in [2.05, 4.69) is 9.97 Å². The maximum absolute atomic E-state index is 16.6. The van der Waals surface area contributed by atoms with Crippen molar-refractivity contribution in [3.63, 3.8) is 0 Å². The van der Waals surface area contributed by atoms with Gasteiger partial charge < -0.3 is 24.1 Å². The molecule has 5 aromatic rings. The quantitative estimate of drug-likeness (QED) is 0.241. The van der Waals surface area contributed by atoms with Crippen molar-refractivity contribution in [3.8, 4) is 11.6 Å². The van der Waals surface area contributed by atoms with Crippen molar-refractivity contribution >= 4 is 21.6 Å². The van der Waals surface area contributed by atoms with E-state index < -0.39 is 29.8 Å². The molecule has 2 fully saturated rings. The van der Waals surface area contributed by atoms with E-state index >= 15 is 4.39 Å². The summed E-state index contributed by atoms with van der Waals surface area (Å²) < 4.78 is 41.6. The zero-order valence-corrected chi connectivity index (χ0v) is 22.0. The molecule has 9 heteroatoms.